The fourth-order valence-electron chi connectivity index (χ4n) is 2.38. The highest BCUT2D eigenvalue weighted by Gasteiger charge is 2.24. The first kappa shape index (κ1) is 14.8. The molecule has 0 heterocycles. The predicted octanol–water partition coefficient (Wildman–Crippen LogP) is 2.90. The molecule has 0 bridgehead atoms. The average Bonchev–Trinajstić information content (AvgIpc) is 2.37. The second-order valence-corrected chi connectivity index (χ2v) is 7.26. The summed E-state index contributed by atoms with van der Waals surface area (Å²) in [5.74, 6) is -0.494. The molecular formula is C13H17ClFNO2S. The Morgan fingerprint density at radius 3 is 2.74 bits per heavy atom. The summed E-state index contributed by atoms with van der Waals surface area (Å²) in [6, 6.07) is 5.38. The van der Waals surface area contributed by atoms with Crippen molar-refractivity contribution in [3.63, 3.8) is 0 Å². The zero-order chi connectivity index (χ0) is 13.9. The Balaban J connectivity index is 2.00. The van der Waals surface area contributed by atoms with Crippen LogP contribution in [0.1, 0.15) is 25.7 Å². The second-order valence-electron chi connectivity index (χ2n) is 4.91. The molecule has 1 fully saturated rings. The zero-order valence-corrected chi connectivity index (χ0v) is 12.1. The Bertz CT molecular complexity index is 535. The van der Waals surface area contributed by atoms with Gasteiger partial charge in [-0.3, -0.25) is 0 Å². The lowest BCUT2D eigenvalue weighted by Crippen LogP contribution is -2.32. The van der Waals surface area contributed by atoms with E-state index >= 15 is 0 Å². The van der Waals surface area contributed by atoms with Crippen LogP contribution in [-0.2, 0) is 10.0 Å². The normalized spacial score (nSPS) is 24.3. The molecule has 0 aliphatic heterocycles. The van der Waals surface area contributed by atoms with E-state index in [9.17, 15) is 12.8 Å². The molecular weight excluding hydrogens is 289 g/mol. The highest BCUT2D eigenvalue weighted by molar-refractivity contribution is 7.89. The lowest BCUT2D eigenvalue weighted by Gasteiger charge is -2.25. The minimum absolute atomic E-state index is 0.122. The summed E-state index contributed by atoms with van der Waals surface area (Å²) in [5, 5.41) is 0.122. The van der Waals surface area contributed by atoms with Gasteiger partial charge in [-0.1, -0.05) is 18.6 Å². The maximum absolute atomic E-state index is 13.5. The third-order valence-electron chi connectivity index (χ3n) is 3.41. The first-order chi connectivity index (χ1) is 8.99. The van der Waals surface area contributed by atoms with Crippen LogP contribution in [0.25, 0.3) is 0 Å². The number of hydrogen-bond donors (Lipinski definition) is 1. The van der Waals surface area contributed by atoms with Crippen LogP contribution in [0, 0.1) is 11.7 Å². The Hall–Kier alpha value is -0.650. The molecule has 0 spiro atoms. The van der Waals surface area contributed by atoms with Crippen LogP contribution < -0.4 is 4.72 Å². The van der Waals surface area contributed by atoms with E-state index in [0.717, 1.165) is 31.7 Å². The third kappa shape index (κ3) is 3.91. The summed E-state index contributed by atoms with van der Waals surface area (Å²) in [7, 11) is -3.78. The molecule has 0 amide bonds. The molecule has 6 heteroatoms. The van der Waals surface area contributed by atoms with Gasteiger partial charge in [-0.25, -0.2) is 17.5 Å². The Kier molecular flexibility index (Phi) is 4.81. The van der Waals surface area contributed by atoms with Crippen molar-refractivity contribution in [2.24, 2.45) is 5.92 Å². The third-order valence-corrected chi connectivity index (χ3v) is 5.26. The van der Waals surface area contributed by atoms with E-state index in [-0.39, 0.29) is 16.2 Å². The molecule has 0 aromatic heterocycles. The van der Waals surface area contributed by atoms with Gasteiger partial charge in [0.15, 0.2) is 0 Å². The lowest BCUT2D eigenvalue weighted by atomic mass is 9.89. The highest BCUT2D eigenvalue weighted by Crippen LogP contribution is 2.27. The second kappa shape index (κ2) is 6.20. The lowest BCUT2D eigenvalue weighted by molar-refractivity contribution is 0.361. The van der Waals surface area contributed by atoms with E-state index in [1.54, 1.807) is 0 Å². The van der Waals surface area contributed by atoms with E-state index in [1.165, 1.54) is 18.2 Å². The minimum Gasteiger partial charge on any atom is -0.211 e. The van der Waals surface area contributed by atoms with Crippen molar-refractivity contribution in [2.75, 3.05) is 6.54 Å². The average molecular weight is 306 g/mol. The molecule has 3 nitrogen and oxygen atoms in total. The summed E-state index contributed by atoms with van der Waals surface area (Å²) >= 11 is 6.07. The minimum atomic E-state index is -3.78. The van der Waals surface area contributed by atoms with Gasteiger partial charge in [-0.2, -0.15) is 0 Å². The molecule has 19 heavy (non-hydrogen) atoms. The largest absolute Gasteiger partial charge is 0.243 e. The molecule has 1 N–H and O–H groups in total. The van der Waals surface area contributed by atoms with Gasteiger partial charge in [-0.05, 0) is 37.3 Å². The summed E-state index contributed by atoms with van der Waals surface area (Å²) < 4.78 is 39.9. The van der Waals surface area contributed by atoms with Crippen molar-refractivity contribution in [1.29, 1.82) is 0 Å². The Labute approximate surface area is 118 Å². The van der Waals surface area contributed by atoms with Crippen molar-refractivity contribution < 1.29 is 12.8 Å². The molecule has 1 aromatic rings. The van der Waals surface area contributed by atoms with Crippen LogP contribution in [0.4, 0.5) is 4.39 Å². The SMILES string of the molecule is O=S(=O)(NCC1CCCC(Cl)C1)c1ccccc1F. The van der Waals surface area contributed by atoms with Crippen LogP contribution in [-0.4, -0.2) is 20.3 Å². The molecule has 1 aliphatic rings. The molecule has 1 aliphatic carbocycles. The first-order valence-electron chi connectivity index (χ1n) is 6.37. The van der Waals surface area contributed by atoms with Crippen molar-refractivity contribution in [2.45, 2.75) is 36.0 Å². The molecule has 0 radical (unpaired) electrons. The highest BCUT2D eigenvalue weighted by atomic mass is 35.5. The molecule has 0 saturated heterocycles. The van der Waals surface area contributed by atoms with Gasteiger partial charge in [0.25, 0.3) is 0 Å². The molecule has 2 rings (SSSR count). The van der Waals surface area contributed by atoms with E-state index in [0.29, 0.717) is 6.54 Å². The monoisotopic (exact) mass is 305 g/mol. The number of sulfonamides is 1. The van der Waals surface area contributed by atoms with Crippen molar-refractivity contribution >= 4 is 21.6 Å². The fourth-order valence-corrected chi connectivity index (χ4v) is 3.98. The standard InChI is InChI=1S/C13H17ClFNO2S/c14-11-5-3-4-10(8-11)9-16-19(17,18)13-7-2-1-6-12(13)15/h1-2,6-7,10-11,16H,3-5,8-9H2. The number of rotatable bonds is 4. The number of benzene rings is 1. The Morgan fingerprint density at radius 2 is 2.05 bits per heavy atom. The molecule has 1 aromatic carbocycles. The molecule has 1 saturated carbocycles. The summed E-state index contributed by atoms with van der Waals surface area (Å²) in [6.45, 7) is 0.319. The van der Waals surface area contributed by atoms with E-state index in [2.05, 4.69) is 4.72 Å². The summed E-state index contributed by atoms with van der Waals surface area (Å²) in [6.07, 6.45) is 3.77. The van der Waals surface area contributed by atoms with Crippen LogP contribution in [0.15, 0.2) is 29.2 Å². The molecule has 2 atom stereocenters. The van der Waals surface area contributed by atoms with Gasteiger partial charge in [0.1, 0.15) is 10.7 Å². The Morgan fingerprint density at radius 1 is 1.32 bits per heavy atom. The van der Waals surface area contributed by atoms with Crippen molar-refractivity contribution in [3.05, 3.63) is 30.1 Å². The van der Waals surface area contributed by atoms with E-state index in [1.807, 2.05) is 0 Å². The van der Waals surface area contributed by atoms with Gasteiger partial charge >= 0.3 is 0 Å². The maximum atomic E-state index is 13.5. The topological polar surface area (TPSA) is 46.2 Å². The van der Waals surface area contributed by atoms with Crippen LogP contribution >= 0.6 is 11.6 Å². The van der Waals surface area contributed by atoms with Gasteiger partial charge in [0, 0.05) is 11.9 Å². The number of hydrogen-bond acceptors (Lipinski definition) is 2. The predicted molar refractivity (Wildman–Crippen MR) is 73.2 cm³/mol. The van der Waals surface area contributed by atoms with Gasteiger partial charge in [0.05, 0.1) is 0 Å². The number of alkyl halides is 1. The van der Waals surface area contributed by atoms with Crippen molar-refractivity contribution in [3.8, 4) is 0 Å². The molecule has 106 valence electrons. The zero-order valence-electron chi connectivity index (χ0n) is 10.5. The smallest absolute Gasteiger partial charge is 0.211 e. The number of halogens is 2. The van der Waals surface area contributed by atoms with Gasteiger partial charge in [-0.15, -0.1) is 11.6 Å². The summed E-state index contributed by atoms with van der Waals surface area (Å²) in [5.41, 5.74) is 0. The first-order valence-corrected chi connectivity index (χ1v) is 8.29. The van der Waals surface area contributed by atoms with Gasteiger partial charge < -0.3 is 0 Å². The van der Waals surface area contributed by atoms with E-state index < -0.39 is 15.8 Å². The summed E-state index contributed by atoms with van der Waals surface area (Å²) in [4.78, 5) is -0.298. The van der Waals surface area contributed by atoms with Crippen LogP contribution in [0.3, 0.4) is 0 Å². The quantitative estimate of drug-likeness (QED) is 0.869. The fraction of sp³-hybridized carbons (Fsp3) is 0.538. The van der Waals surface area contributed by atoms with Crippen LogP contribution in [0.2, 0.25) is 0 Å². The van der Waals surface area contributed by atoms with E-state index in [4.69, 9.17) is 11.6 Å². The number of nitrogens with one attached hydrogen (secondary N) is 1. The molecule has 2 unspecified atom stereocenters. The van der Waals surface area contributed by atoms with Crippen molar-refractivity contribution in [1.82, 2.24) is 4.72 Å². The maximum Gasteiger partial charge on any atom is 0.243 e. The van der Waals surface area contributed by atoms with Crippen LogP contribution in [0.5, 0.6) is 0 Å². The van der Waals surface area contributed by atoms with Gasteiger partial charge in [0.2, 0.25) is 10.0 Å².